The van der Waals surface area contributed by atoms with Crippen LogP contribution >= 0.6 is 11.6 Å². The summed E-state index contributed by atoms with van der Waals surface area (Å²) < 4.78 is 5.42. The molecule has 0 atom stereocenters. The first kappa shape index (κ1) is 19.2. The summed E-state index contributed by atoms with van der Waals surface area (Å²) in [6.45, 7) is 2.40. The minimum Gasteiger partial charge on any atom is -0.484 e. The number of ether oxygens (including phenoxy) is 1. The van der Waals surface area contributed by atoms with Gasteiger partial charge >= 0.3 is 0 Å². The molecule has 1 saturated carbocycles. The first-order valence-electron chi connectivity index (χ1n) is 9.10. The number of hydrogen-bond acceptors (Lipinski definition) is 3. The molecule has 6 heteroatoms. The van der Waals surface area contributed by atoms with Crippen molar-refractivity contribution in [3.8, 4) is 5.75 Å². The molecule has 0 saturated heterocycles. The molecule has 1 aliphatic carbocycles. The van der Waals surface area contributed by atoms with Crippen LogP contribution < -0.4 is 15.4 Å². The molecule has 1 fully saturated rings. The van der Waals surface area contributed by atoms with E-state index in [9.17, 15) is 9.59 Å². The quantitative estimate of drug-likeness (QED) is 0.758. The maximum absolute atomic E-state index is 13.0. The fourth-order valence-corrected chi connectivity index (χ4v) is 3.44. The van der Waals surface area contributed by atoms with Crippen LogP contribution in [0, 0.1) is 0 Å². The van der Waals surface area contributed by atoms with Crippen LogP contribution in [-0.4, -0.2) is 25.0 Å². The highest BCUT2D eigenvalue weighted by Gasteiger charge is 2.45. The van der Waals surface area contributed by atoms with Gasteiger partial charge < -0.3 is 15.4 Å². The number of anilines is 1. The fourth-order valence-electron chi connectivity index (χ4n) is 3.25. The van der Waals surface area contributed by atoms with Crippen molar-refractivity contribution in [3.05, 3.63) is 59.1 Å². The van der Waals surface area contributed by atoms with Crippen molar-refractivity contribution >= 4 is 29.1 Å². The number of hydrogen-bond donors (Lipinski definition) is 2. The maximum atomic E-state index is 13.0. The summed E-state index contributed by atoms with van der Waals surface area (Å²) in [6.07, 6.45) is 2.65. The van der Waals surface area contributed by atoms with E-state index in [4.69, 9.17) is 16.3 Å². The molecule has 2 N–H and O–H groups in total. The van der Waals surface area contributed by atoms with Gasteiger partial charge in [0.05, 0.1) is 5.41 Å². The lowest BCUT2D eigenvalue weighted by Gasteiger charge is -2.40. The first-order chi connectivity index (χ1) is 13.0. The van der Waals surface area contributed by atoms with Crippen molar-refractivity contribution in [3.63, 3.8) is 0 Å². The van der Waals surface area contributed by atoms with Crippen LogP contribution in [0.5, 0.6) is 5.75 Å². The van der Waals surface area contributed by atoms with Crippen molar-refractivity contribution in [1.29, 1.82) is 0 Å². The number of amides is 2. The summed E-state index contributed by atoms with van der Waals surface area (Å²) in [7, 11) is 0. The molecule has 27 heavy (non-hydrogen) atoms. The molecule has 142 valence electrons. The molecule has 1 aliphatic rings. The number of rotatable bonds is 7. The van der Waals surface area contributed by atoms with E-state index in [1.807, 2.05) is 31.2 Å². The summed E-state index contributed by atoms with van der Waals surface area (Å²) in [5, 5.41) is 6.31. The van der Waals surface area contributed by atoms with Gasteiger partial charge in [0.15, 0.2) is 6.61 Å². The van der Waals surface area contributed by atoms with Gasteiger partial charge in [-0.15, -0.1) is 0 Å². The Morgan fingerprint density at radius 2 is 1.89 bits per heavy atom. The molecule has 0 spiro atoms. The van der Waals surface area contributed by atoms with Crippen molar-refractivity contribution in [2.75, 3.05) is 18.5 Å². The molecule has 0 heterocycles. The molecule has 0 aliphatic heterocycles. The van der Waals surface area contributed by atoms with Crippen LogP contribution in [0.2, 0.25) is 5.02 Å². The van der Waals surface area contributed by atoms with Gasteiger partial charge in [-0.2, -0.15) is 0 Å². The Balaban J connectivity index is 1.64. The van der Waals surface area contributed by atoms with Crippen molar-refractivity contribution in [2.45, 2.75) is 31.6 Å². The van der Waals surface area contributed by atoms with E-state index in [1.54, 1.807) is 24.3 Å². The summed E-state index contributed by atoms with van der Waals surface area (Å²) in [5.74, 6) is 0.391. The van der Waals surface area contributed by atoms with Crippen molar-refractivity contribution in [1.82, 2.24) is 5.32 Å². The largest absolute Gasteiger partial charge is 0.484 e. The molecule has 0 aromatic heterocycles. The summed E-state index contributed by atoms with van der Waals surface area (Å²) in [6, 6.07) is 14.6. The Kier molecular flexibility index (Phi) is 6.01. The molecular weight excluding hydrogens is 364 g/mol. The standard InChI is InChI=1S/C21H23ClN2O3/c1-2-23-19(25)14-27-18-9-7-17(8-10-18)24-20(26)21(11-4-12-21)15-5-3-6-16(22)13-15/h3,5-10,13H,2,4,11-12,14H2,1H3,(H,23,25)(H,24,26). The van der Waals surface area contributed by atoms with Crippen LogP contribution in [-0.2, 0) is 15.0 Å². The predicted molar refractivity (Wildman–Crippen MR) is 106 cm³/mol. The summed E-state index contributed by atoms with van der Waals surface area (Å²) in [5.41, 5.74) is 1.14. The third-order valence-electron chi connectivity index (χ3n) is 4.88. The van der Waals surface area contributed by atoms with E-state index in [2.05, 4.69) is 10.6 Å². The van der Waals surface area contributed by atoms with Crippen molar-refractivity contribution < 1.29 is 14.3 Å². The number of likely N-dealkylation sites (N-methyl/N-ethyl adjacent to an activating group) is 1. The van der Waals surface area contributed by atoms with Crippen molar-refractivity contribution in [2.24, 2.45) is 0 Å². The summed E-state index contributed by atoms with van der Waals surface area (Å²) in [4.78, 5) is 24.4. The van der Waals surface area contributed by atoms with E-state index in [0.29, 0.717) is 23.0 Å². The SMILES string of the molecule is CCNC(=O)COc1ccc(NC(=O)C2(c3cccc(Cl)c3)CCC2)cc1. The van der Waals surface area contributed by atoms with Gasteiger partial charge in [0.2, 0.25) is 5.91 Å². The Morgan fingerprint density at radius 1 is 1.15 bits per heavy atom. The molecule has 2 amide bonds. The first-order valence-corrected chi connectivity index (χ1v) is 9.48. The van der Waals surface area contributed by atoms with Gasteiger partial charge in [-0.05, 0) is 61.7 Å². The van der Waals surface area contributed by atoms with Crippen LogP contribution in [0.3, 0.4) is 0 Å². The van der Waals surface area contributed by atoms with Gasteiger partial charge in [0, 0.05) is 17.3 Å². The molecule has 2 aromatic carbocycles. The van der Waals surface area contributed by atoms with Crippen LogP contribution in [0.4, 0.5) is 5.69 Å². The average molecular weight is 387 g/mol. The van der Waals surface area contributed by atoms with Gasteiger partial charge in [0.1, 0.15) is 5.75 Å². The minimum atomic E-state index is -0.516. The number of halogens is 1. The number of nitrogens with one attached hydrogen (secondary N) is 2. The minimum absolute atomic E-state index is 0.0213. The highest BCUT2D eigenvalue weighted by Crippen LogP contribution is 2.45. The molecule has 0 radical (unpaired) electrons. The molecule has 0 unspecified atom stereocenters. The van der Waals surface area contributed by atoms with Crippen LogP contribution in [0.25, 0.3) is 0 Å². The zero-order valence-corrected chi connectivity index (χ0v) is 16.0. The second-order valence-corrected chi connectivity index (χ2v) is 7.10. The Bertz CT molecular complexity index is 816. The van der Waals surface area contributed by atoms with Crippen LogP contribution in [0.1, 0.15) is 31.7 Å². The topological polar surface area (TPSA) is 67.4 Å². The molecule has 3 rings (SSSR count). The van der Waals surface area contributed by atoms with Gasteiger partial charge in [-0.3, -0.25) is 9.59 Å². The van der Waals surface area contributed by atoms with E-state index >= 15 is 0 Å². The van der Waals surface area contributed by atoms with Gasteiger partial charge in [-0.1, -0.05) is 30.2 Å². The third kappa shape index (κ3) is 4.42. The normalized spacial score (nSPS) is 14.7. The Hall–Kier alpha value is -2.53. The monoisotopic (exact) mass is 386 g/mol. The average Bonchev–Trinajstić information content (AvgIpc) is 2.60. The zero-order valence-electron chi connectivity index (χ0n) is 15.3. The van der Waals surface area contributed by atoms with E-state index in [0.717, 1.165) is 24.8 Å². The van der Waals surface area contributed by atoms with Gasteiger partial charge in [0.25, 0.3) is 5.91 Å². The highest BCUT2D eigenvalue weighted by atomic mass is 35.5. The van der Waals surface area contributed by atoms with E-state index in [-0.39, 0.29) is 18.4 Å². The fraction of sp³-hybridized carbons (Fsp3) is 0.333. The van der Waals surface area contributed by atoms with Gasteiger partial charge in [-0.25, -0.2) is 0 Å². The molecular formula is C21H23ClN2O3. The lowest BCUT2D eigenvalue weighted by Crippen LogP contribution is -2.46. The number of carbonyl (C=O) groups is 2. The molecule has 0 bridgehead atoms. The van der Waals surface area contributed by atoms with E-state index < -0.39 is 5.41 Å². The lowest BCUT2D eigenvalue weighted by atomic mass is 9.64. The molecule has 2 aromatic rings. The number of benzene rings is 2. The highest BCUT2D eigenvalue weighted by molar-refractivity contribution is 6.30. The Morgan fingerprint density at radius 3 is 2.48 bits per heavy atom. The Labute approximate surface area is 164 Å². The predicted octanol–water partition coefficient (Wildman–Crippen LogP) is 3.92. The second-order valence-electron chi connectivity index (χ2n) is 6.67. The van der Waals surface area contributed by atoms with E-state index in [1.165, 1.54) is 0 Å². The number of carbonyl (C=O) groups excluding carboxylic acids is 2. The lowest BCUT2D eigenvalue weighted by molar-refractivity contribution is -0.124. The zero-order chi connectivity index (χ0) is 19.3. The molecule has 5 nitrogen and oxygen atoms in total. The van der Waals surface area contributed by atoms with Crippen LogP contribution in [0.15, 0.2) is 48.5 Å². The second kappa shape index (κ2) is 8.44. The smallest absolute Gasteiger partial charge is 0.257 e. The summed E-state index contributed by atoms with van der Waals surface area (Å²) >= 11 is 6.11. The maximum Gasteiger partial charge on any atom is 0.257 e. The third-order valence-corrected chi connectivity index (χ3v) is 5.11.